The predicted octanol–water partition coefficient (Wildman–Crippen LogP) is 11.3. The molecule has 0 heterocycles. The molecule has 0 saturated heterocycles. The third-order valence-electron chi connectivity index (χ3n) is 1.50. The number of rotatable bonds is 3. The van der Waals surface area contributed by atoms with E-state index in [1.807, 2.05) is 36.4 Å². The molecule has 0 nitrogen and oxygen atoms in total. The van der Waals surface area contributed by atoms with Crippen LogP contribution in [-0.2, 0) is 0 Å². The van der Waals surface area contributed by atoms with Crippen LogP contribution in [0.15, 0.2) is 47.3 Å². The minimum atomic E-state index is -4.82. The number of benzene rings is 1. The number of halogens is 10. The molecule has 0 atom stereocenters. The second-order valence-corrected chi connectivity index (χ2v) is 36.6. The van der Waals surface area contributed by atoms with Gasteiger partial charge in [0, 0.05) is 0 Å². The molecule has 0 aromatic heterocycles. The molecule has 0 aliphatic carbocycles. The molecule has 0 bridgehead atoms. The van der Waals surface area contributed by atoms with Crippen LogP contribution in [0.25, 0.3) is 6.08 Å². The molecular weight excluding hydrogens is 537 g/mol. The van der Waals surface area contributed by atoms with Crippen molar-refractivity contribution in [3.63, 3.8) is 0 Å². The van der Waals surface area contributed by atoms with Crippen molar-refractivity contribution in [2.24, 2.45) is 0 Å². The monoisotopic (exact) mass is 540 g/mol. The summed E-state index contributed by atoms with van der Waals surface area (Å²) in [5, 5.41) is -2.08. The van der Waals surface area contributed by atoms with E-state index in [2.05, 4.69) is 0 Å². The van der Waals surface area contributed by atoms with Crippen molar-refractivity contribution < 1.29 is 0 Å². The van der Waals surface area contributed by atoms with Crippen molar-refractivity contribution in [1.82, 2.24) is 0 Å². The minimum absolute atomic E-state index is 0.437. The Labute approximate surface area is 177 Å². The molecule has 22 heavy (non-hydrogen) atoms. The van der Waals surface area contributed by atoms with E-state index < -0.39 is 7.38 Å². The van der Waals surface area contributed by atoms with Crippen LogP contribution in [0.5, 0.6) is 0 Å². The maximum absolute atomic E-state index is 5.86. The third-order valence-corrected chi connectivity index (χ3v) is 3.34. The number of hydrogen-bond donors (Lipinski definition) is 0. The van der Waals surface area contributed by atoms with E-state index in [-0.39, 0.29) is 0 Å². The van der Waals surface area contributed by atoms with Crippen molar-refractivity contribution in [1.29, 1.82) is 0 Å². The summed E-state index contributed by atoms with van der Waals surface area (Å²) in [6.07, 6.45) is 3.57. The molecular formula is C10H8Cl10P2. The molecule has 1 aromatic rings. The molecule has 128 valence electrons. The van der Waals surface area contributed by atoms with E-state index in [9.17, 15) is 0 Å². The van der Waals surface area contributed by atoms with Crippen molar-refractivity contribution in [2.75, 3.05) is 0 Å². The SMILES string of the molecule is ClC(/C=C/c1ccccc1)=C/[P+](Cl)(Cl)Cl.Cl[P-](Cl)(Cl)(Cl)(Cl)Cl. The summed E-state index contributed by atoms with van der Waals surface area (Å²) in [4.78, 5) is 0. The van der Waals surface area contributed by atoms with Crippen LogP contribution in [0.3, 0.4) is 0 Å². The molecule has 0 aliphatic heterocycles. The van der Waals surface area contributed by atoms with Gasteiger partial charge in [-0.05, 0) is 11.6 Å². The Morgan fingerprint density at radius 3 is 1.64 bits per heavy atom. The quantitative estimate of drug-likeness (QED) is 0.262. The predicted molar refractivity (Wildman–Crippen MR) is 116 cm³/mol. The Kier molecular flexibility index (Phi) is 9.38. The molecule has 12 heteroatoms. The van der Waals surface area contributed by atoms with Crippen molar-refractivity contribution in [3.05, 3.63) is 52.8 Å². The van der Waals surface area contributed by atoms with Crippen molar-refractivity contribution in [3.8, 4) is 0 Å². The van der Waals surface area contributed by atoms with Crippen LogP contribution >= 0.6 is 120 Å². The van der Waals surface area contributed by atoms with Gasteiger partial charge in [-0.3, -0.25) is 0 Å². The van der Waals surface area contributed by atoms with Gasteiger partial charge in [0.2, 0.25) is 0 Å². The molecule has 0 amide bonds. The van der Waals surface area contributed by atoms with Crippen LogP contribution in [0.2, 0.25) is 0 Å². The summed E-state index contributed by atoms with van der Waals surface area (Å²) in [6, 6.07) is 9.76. The molecule has 0 aliphatic rings. The fraction of sp³-hybridized carbons (Fsp3) is 0. The normalized spacial score (nSPS) is 16.5. The van der Waals surface area contributed by atoms with Gasteiger partial charge in [0.1, 0.15) is 39.5 Å². The van der Waals surface area contributed by atoms with Gasteiger partial charge in [0.25, 0.3) is 0 Å². The summed E-state index contributed by atoms with van der Waals surface area (Å²) < 4.78 is -4.82. The maximum atomic E-state index is 5.86. The van der Waals surface area contributed by atoms with Gasteiger partial charge in [-0.25, -0.2) is 0 Å². The van der Waals surface area contributed by atoms with E-state index in [0.717, 1.165) is 5.56 Å². The summed E-state index contributed by atoms with van der Waals surface area (Å²) >= 11 is 52.9. The molecule has 0 saturated carbocycles. The fourth-order valence-corrected chi connectivity index (χ4v) is 3.19. The van der Waals surface area contributed by atoms with Crippen LogP contribution in [-0.4, -0.2) is 0 Å². The Morgan fingerprint density at radius 1 is 0.864 bits per heavy atom. The standard InChI is InChI=1S/C10H8Cl4P.Cl6P/c11-10(8-15(12,13)14)7-6-9-4-2-1-3-5-9;1-7(2,3,4,5)6/h1-8H;/q+1;-1/b7-6+,10-8+;. The van der Waals surface area contributed by atoms with Gasteiger partial charge in [0.15, 0.2) is 0 Å². The zero-order valence-electron chi connectivity index (χ0n) is 10.3. The second-order valence-electron chi connectivity index (χ2n) is 3.70. The number of allylic oxidation sites excluding steroid dienone is 2. The molecule has 0 radical (unpaired) electrons. The van der Waals surface area contributed by atoms with Gasteiger partial charge in [-0.1, -0.05) is 48.0 Å². The van der Waals surface area contributed by atoms with Crippen molar-refractivity contribution in [2.45, 2.75) is 0 Å². The molecule has 1 aromatic carbocycles. The van der Waals surface area contributed by atoms with Gasteiger partial charge < -0.3 is 0 Å². The van der Waals surface area contributed by atoms with Crippen LogP contribution in [0, 0.1) is 0 Å². The first kappa shape index (κ1) is 24.5. The summed E-state index contributed by atoms with van der Waals surface area (Å²) in [7, 11) is 0. The first-order valence-electron chi connectivity index (χ1n) is 5.08. The summed E-state index contributed by atoms with van der Waals surface area (Å²) in [6.45, 7) is 0. The van der Waals surface area contributed by atoms with Gasteiger partial charge in [-0.15, -0.1) is 0 Å². The average Bonchev–Trinajstić information content (AvgIpc) is 2.21. The molecule has 0 spiro atoms. The first-order chi connectivity index (χ1) is 9.42. The topological polar surface area (TPSA) is 0 Å². The molecule has 0 unspecified atom stereocenters. The van der Waals surface area contributed by atoms with Gasteiger partial charge in [0.05, 0.1) is 5.03 Å². The third kappa shape index (κ3) is 24.7. The molecule has 0 N–H and O–H groups in total. The van der Waals surface area contributed by atoms with Crippen LogP contribution in [0.4, 0.5) is 0 Å². The van der Waals surface area contributed by atoms with E-state index in [0.29, 0.717) is 5.03 Å². The van der Waals surface area contributed by atoms with E-state index >= 15 is 0 Å². The zero-order chi connectivity index (χ0) is 17.7. The zero-order valence-corrected chi connectivity index (χ0v) is 19.6. The molecule has 0 fully saturated rings. The fourth-order valence-electron chi connectivity index (χ4n) is 0.923. The van der Waals surface area contributed by atoms with Gasteiger partial charge in [-0.2, -0.15) is 0 Å². The Balaban J connectivity index is 0.000000534. The molecule has 1 rings (SSSR count). The Hall–Kier alpha value is 2.46. The average molecular weight is 545 g/mol. The number of hydrogen-bond acceptors (Lipinski definition) is 0. The van der Waals surface area contributed by atoms with Gasteiger partial charge >= 0.3 is 74.8 Å². The second kappa shape index (κ2) is 8.43. The van der Waals surface area contributed by atoms with E-state index in [4.69, 9.17) is 113 Å². The first-order valence-corrected chi connectivity index (χ1v) is 18.1. The van der Waals surface area contributed by atoms with Crippen LogP contribution < -0.4 is 0 Å². The van der Waals surface area contributed by atoms with E-state index in [1.54, 1.807) is 6.08 Å². The Bertz CT molecular complexity index is 527. The summed E-state index contributed by atoms with van der Waals surface area (Å²) in [5.41, 5.74) is 1.05. The van der Waals surface area contributed by atoms with Crippen molar-refractivity contribution >= 4 is 126 Å². The van der Waals surface area contributed by atoms with Crippen LogP contribution in [0.1, 0.15) is 5.56 Å². The Morgan fingerprint density at radius 2 is 1.27 bits per heavy atom. The van der Waals surface area contributed by atoms with E-state index in [1.165, 1.54) is 5.82 Å². The summed E-state index contributed by atoms with van der Waals surface area (Å²) in [5.74, 6) is 1.46.